The van der Waals surface area contributed by atoms with Crippen molar-refractivity contribution in [1.29, 1.82) is 0 Å². The second-order valence-electron chi connectivity index (χ2n) is 5.77. The van der Waals surface area contributed by atoms with E-state index in [1.54, 1.807) is 10.9 Å². The summed E-state index contributed by atoms with van der Waals surface area (Å²) in [5.41, 5.74) is 0. The summed E-state index contributed by atoms with van der Waals surface area (Å²) in [7, 11) is 0. The van der Waals surface area contributed by atoms with E-state index in [2.05, 4.69) is 10.2 Å². The molecular formula is C13H20F3N3. The first-order valence-corrected chi connectivity index (χ1v) is 6.84. The number of rotatable bonds is 3. The Balaban J connectivity index is 2.25. The lowest BCUT2D eigenvalue weighted by Gasteiger charge is -2.32. The van der Waals surface area contributed by atoms with Crippen molar-refractivity contribution in [3.63, 3.8) is 0 Å². The minimum Gasteiger partial charge on any atom is -0.317 e. The van der Waals surface area contributed by atoms with E-state index in [-0.39, 0.29) is 6.42 Å². The third-order valence-electron chi connectivity index (χ3n) is 3.73. The summed E-state index contributed by atoms with van der Waals surface area (Å²) in [5.74, 6) is -0.926. The highest BCUT2D eigenvalue weighted by atomic mass is 19.4. The molecule has 0 saturated heterocycles. The molecule has 2 rings (SSSR count). The topological polar surface area (TPSA) is 30.7 Å². The van der Waals surface area contributed by atoms with Crippen LogP contribution in [0.25, 0.3) is 0 Å². The van der Waals surface area contributed by atoms with E-state index in [1.165, 1.54) is 0 Å². The minimum absolute atomic E-state index is 0.211. The van der Waals surface area contributed by atoms with Gasteiger partial charge in [-0.25, -0.2) is 0 Å². The predicted octanol–water partition coefficient (Wildman–Crippen LogP) is 3.77. The molecular weight excluding hydrogens is 255 g/mol. The van der Waals surface area contributed by atoms with E-state index in [4.69, 9.17) is 0 Å². The molecule has 0 aromatic carbocycles. The number of hydrogen-bond donors (Lipinski definition) is 0. The third kappa shape index (κ3) is 3.28. The Labute approximate surface area is 111 Å². The van der Waals surface area contributed by atoms with Crippen molar-refractivity contribution in [3.05, 3.63) is 12.2 Å². The number of aromatic nitrogens is 3. The van der Waals surface area contributed by atoms with E-state index in [0.29, 0.717) is 31.1 Å². The van der Waals surface area contributed by atoms with Crippen LogP contribution in [0.4, 0.5) is 13.2 Å². The summed E-state index contributed by atoms with van der Waals surface area (Å²) in [6.45, 7) is 4.74. The van der Waals surface area contributed by atoms with Crippen molar-refractivity contribution in [2.24, 2.45) is 11.8 Å². The van der Waals surface area contributed by atoms with E-state index >= 15 is 0 Å². The molecule has 0 aliphatic heterocycles. The molecule has 1 aliphatic carbocycles. The first-order chi connectivity index (χ1) is 8.89. The molecule has 1 aliphatic rings. The summed E-state index contributed by atoms with van der Waals surface area (Å²) < 4.78 is 41.2. The van der Waals surface area contributed by atoms with Gasteiger partial charge in [-0.3, -0.25) is 0 Å². The van der Waals surface area contributed by atoms with Gasteiger partial charge in [0.1, 0.15) is 12.2 Å². The fourth-order valence-electron chi connectivity index (χ4n) is 2.92. The molecule has 108 valence electrons. The van der Waals surface area contributed by atoms with Crippen LogP contribution >= 0.6 is 0 Å². The van der Waals surface area contributed by atoms with Gasteiger partial charge in [0, 0.05) is 12.5 Å². The molecule has 0 radical (unpaired) electrons. The van der Waals surface area contributed by atoms with Gasteiger partial charge in [0.2, 0.25) is 0 Å². The van der Waals surface area contributed by atoms with Gasteiger partial charge < -0.3 is 4.57 Å². The lowest BCUT2D eigenvalue weighted by atomic mass is 9.78. The van der Waals surface area contributed by atoms with Crippen LogP contribution in [-0.2, 0) is 6.54 Å². The van der Waals surface area contributed by atoms with Crippen LogP contribution < -0.4 is 0 Å². The van der Waals surface area contributed by atoms with Crippen LogP contribution in [0.1, 0.15) is 51.3 Å². The Morgan fingerprint density at radius 1 is 1.32 bits per heavy atom. The minimum atomic E-state index is -4.14. The van der Waals surface area contributed by atoms with Gasteiger partial charge in [0.15, 0.2) is 0 Å². The largest absolute Gasteiger partial charge is 0.392 e. The van der Waals surface area contributed by atoms with Crippen molar-refractivity contribution in [3.8, 4) is 0 Å². The molecule has 0 amide bonds. The molecule has 2 unspecified atom stereocenters. The zero-order valence-corrected chi connectivity index (χ0v) is 11.3. The van der Waals surface area contributed by atoms with E-state index in [1.807, 2.05) is 13.8 Å². The molecule has 1 saturated carbocycles. The Bertz CT molecular complexity index is 412. The number of hydrogen-bond acceptors (Lipinski definition) is 2. The number of alkyl halides is 3. The van der Waals surface area contributed by atoms with Crippen molar-refractivity contribution < 1.29 is 13.2 Å². The Morgan fingerprint density at radius 3 is 2.63 bits per heavy atom. The quantitative estimate of drug-likeness (QED) is 0.840. The van der Waals surface area contributed by atoms with Gasteiger partial charge in [-0.1, -0.05) is 26.7 Å². The van der Waals surface area contributed by atoms with Crippen LogP contribution in [0.2, 0.25) is 0 Å². The summed E-state index contributed by atoms with van der Waals surface area (Å²) in [4.78, 5) is 0. The van der Waals surface area contributed by atoms with Gasteiger partial charge in [0.05, 0.1) is 5.92 Å². The Hall–Kier alpha value is -1.07. The molecule has 3 nitrogen and oxygen atoms in total. The van der Waals surface area contributed by atoms with Crippen molar-refractivity contribution in [1.82, 2.24) is 14.8 Å². The summed E-state index contributed by atoms with van der Waals surface area (Å²) in [6.07, 6.45) is -0.328. The molecule has 0 N–H and O–H groups in total. The fraction of sp³-hybridized carbons (Fsp3) is 0.846. The second-order valence-corrected chi connectivity index (χ2v) is 5.77. The highest BCUT2D eigenvalue weighted by molar-refractivity contribution is 5.03. The maximum Gasteiger partial charge on any atom is 0.392 e. The maximum absolute atomic E-state index is 13.1. The number of halogens is 3. The molecule has 19 heavy (non-hydrogen) atoms. The Morgan fingerprint density at radius 2 is 2.00 bits per heavy atom. The molecule has 6 heteroatoms. The van der Waals surface area contributed by atoms with Crippen LogP contribution in [0, 0.1) is 11.8 Å². The first-order valence-electron chi connectivity index (χ1n) is 6.84. The lowest BCUT2D eigenvalue weighted by molar-refractivity contribution is -0.188. The van der Waals surface area contributed by atoms with Crippen molar-refractivity contribution in [2.45, 2.75) is 58.2 Å². The molecule has 1 aromatic rings. The smallest absolute Gasteiger partial charge is 0.317 e. The summed E-state index contributed by atoms with van der Waals surface area (Å²) >= 11 is 0. The fourth-order valence-corrected chi connectivity index (χ4v) is 2.92. The van der Waals surface area contributed by atoms with Gasteiger partial charge >= 0.3 is 6.18 Å². The monoisotopic (exact) mass is 275 g/mol. The Kier molecular flexibility index (Phi) is 4.16. The molecule has 1 fully saturated rings. The van der Waals surface area contributed by atoms with E-state index in [0.717, 1.165) is 6.42 Å². The number of nitrogens with zero attached hydrogens (tertiary/aromatic N) is 3. The second kappa shape index (κ2) is 5.51. The molecule has 1 aromatic heterocycles. The molecule has 1 heterocycles. The van der Waals surface area contributed by atoms with Crippen LogP contribution in [0.5, 0.6) is 0 Å². The lowest BCUT2D eigenvalue weighted by Crippen LogP contribution is -2.33. The average Bonchev–Trinajstić information content (AvgIpc) is 2.75. The normalized spacial score (nSPS) is 24.9. The summed E-state index contributed by atoms with van der Waals surface area (Å²) in [6, 6.07) is 0. The van der Waals surface area contributed by atoms with Crippen molar-refractivity contribution >= 4 is 0 Å². The first kappa shape index (κ1) is 14.3. The molecule has 0 bridgehead atoms. The van der Waals surface area contributed by atoms with Crippen LogP contribution in [0.3, 0.4) is 0 Å². The predicted molar refractivity (Wildman–Crippen MR) is 65.6 cm³/mol. The highest BCUT2D eigenvalue weighted by Crippen LogP contribution is 2.45. The third-order valence-corrected chi connectivity index (χ3v) is 3.73. The zero-order valence-electron chi connectivity index (χ0n) is 11.3. The van der Waals surface area contributed by atoms with Gasteiger partial charge in [-0.15, -0.1) is 10.2 Å². The zero-order chi connectivity index (χ0) is 14.0. The van der Waals surface area contributed by atoms with Gasteiger partial charge in [-0.2, -0.15) is 13.2 Å². The average molecular weight is 275 g/mol. The SMILES string of the molecule is CC(C)Cn1cnnc1C1CCCCC1C(F)(F)F. The van der Waals surface area contributed by atoms with Crippen molar-refractivity contribution in [2.75, 3.05) is 0 Å². The van der Waals surface area contributed by atoms with E-state index < -0.39 is 18.0 Å². The molecule has 2 atom stereocenters. The van der Waals surface area contributed by atoms with Gasteiger partial charge in [0.25, 0.3) is 0 Å². The summed E-state index contributed by atoms with van der Waals surface area (Å²) in [5, 5.41) is 7.78. The highest BCUT2D eigenvalue weighted by Gasteiger charge is 2.47. The van der Waals surface area contributed by atoms with Crippen LogP contribution in [0.15, 0.2) is 6.33 Å². The standard InChI is InChI=1S/C13H20F3N3/c1-9(2)7-19-8-17-18-12(19)10-5-3-4-6-11(10)13(14,15)16/h8-11H,3-7H2,1-2H3. The molecule has 0 spiro atoms. The van der Waals surface area contributed by atoms with E-state index in [9.17, 15) is 13.2 Å². The van der Waals surface area contributed by atoms with Gasteiger partial charge in [-0.05, 0) is 18.8 Å². The maximum atomic E-state index is 13.1. The van der Waals surface area contributed by atoms with Crippen LogP contribution in [-0.4, -0.2) is 20.9 Å².